The predicted octanol–water partition coefficient (Wildman–Crippen LogP) is 1.53. The Morgan fingerprint density at radius 1 is 1.17 bits per heavy atom. The zero-order valence-corrected chi connectivity index (χ0v) is 17.5. The van der Waals surface area contributed by atoms with Crippen molar-refractivity contribution < 1.29 is 19.2 Å². The Bertz CT molecular complexity index is 877. The normalized spacial score (nSPS) is 18.9. The minimum atomic E-state index is -0.695. The van der Waals surface area contributed by atoms with Gasteiger partial charge in [0.15, 0.2) is 0 Å². The fourth-order valence-corrected chi connectivity index (χ4v) is 3.56. The lowest BCUT2D eigenvalue weighted by molar-refractivity contribution is -0.174. The molecule has 0 bridgehead atoms. The molecule has 0 unspecified atom stereocenters. The Balaban J connectivity index is 1.60. The van der Waals surface area contributed by atoms with Gasteiger partial charge in [0.2, 0.25) is 0 Å². The molecule has 2 aliphatic heterocycles. The maximum Gasteiger partial charge on any atom is 0.434 e. The van der Waals surface area contributed by atoms with E-state index in [-0.39, 0.29) is 12.8 Å². The molecule has 0 aromatic heterocycles. The summed E-state index contributed by atoms with van der Waals surface area (Å²) in [5.74, 6) is -0.980. The van der Waals surface area contributed by atoms with Crippen molar-refractivity contribution in [1.82, 2.24) is 14.9 Å². The molecule has 0 spiro atoms. The van der Waals surface area contributed by atoms with E-state index in [0.717, 1.165) is 11.1 Å². The van der Waals surface area contributed by atoms with Gasteiger partial charge in [0, 0.05) is 80.7 Å². The summed E-state index contributed by atoms with van der Waals surface area (Å²) in [6, 6.07) is 7.35. The monoisotopic (exact) mass is 433 g/mol. The number of benzene rings is 1. The largest absolute Gasteiger partial charge is 0.434 e. The first kappa shape index (κ1) is 21.8. The molecule has 10 heteroatoms. The third-order valence-corrected chi connectivity index (χ3v) is 5.32. The number of piperazine rings is 1. The summed E-state index contributed by atoms with van der Waals surface area (Å²) in [7, 11) is 1.68. The van der Waals surface area contributed by atoms with Gasteiger partial charge in [0.05, 0.1) is 0 Å². The van der Waals surface area contributed by atoms with Crippen LogP contribution in [0.3, 0.4) is 0 Å². The van der Waals surface area contributed by atoms with E-state index < -0.39 is 17.9 Å². The van der Waals surface area contributed by atoms with Crippen LogP contribution in [0.2, 0.25) is 5.02 Å². The van der Waals surface area contributed by atoms with E-state index in [1.54, 1.807) is 19.3 Å². The quantitative estimate of drug-likeness (QED) is 0.557. The topological polar surface area (TPSA) is 109 Å². The van der Waals surface area contributed by atoms with Crippen LogP contribution in [0.4, 0.5) is 4.79 Å². The minimum absolute atomic E-state index is 0.0703. The third-order valence-electron chi connectivity index (χ3n) is 4.99. The van der Waals surface area contributed by atoms with Crippen LogP contribution in [0.1, 0.15) is 18.4 Å². The summed E-state index contributed by atoms with van der Waals surface area (Å²) in [5.41, 5.74) is 8.49. The van der Waals surface area contributed by atoms with E-state index >= 15 is 0 Å². The van der Waals surface area contributed by atoms with Gasteiger partial charge in [-0.3, -0.25) is 19.5 Å². The van der Waals surface area contributed by atoms with E-state index in [1.165, 1.54) is 4.90 Å². The van der Waals surface area contributed by atoms with Gasteiger partial charge >= 0.3 is 6.09 Å². The maximum absolute atomic E-state index is 12.3. The molecule has 3 rings (SSSR count). The van der Waals surface area contributed by atoms with Crippen LogP contribution in [0.25, 0.3) is 5.70 Å². The Hall–Kier alpha value is -2.91. The Morgan fingerprint density at radius 2 is 1.80 bits per heavy atom. The highest BCUT2D eigenvalue weighted by Gasteiger charge is 2.34. The fourth-order valence-electron chi connectivity index (χ4n) is 3.33. The van der Waals surface area contributed by atoms with Crippen molar-refractivity contribution in [2.45, 2.75) is 12.8 Å². The second-order valence-electron chi connectivity index (χ2n) is 7.01. The van der Waals surface area contributed by atoms with Crippen LogP contribution in [0.15, 0.2) is 34.8 Å². The smallest absolute Gasteiger partial charge is 0.398 e. The average Bonchev–Trinajstić information content (AvgIpc) is 3.06. The van der Waals surface area contributed by atoms with Crippen LogP contribution in [-0.4, -0.2) is 78.8 Å². The molecular formula is C20H24ClN5O4. The summed E-state index contributed by atoms with van der Waals surface area (Å²) < 4.78 is 0. The summed E-state index contributed by atoms with van der Waals surface area (Å²) in [5, 5.41) is 1.13. The highest BCUT2D eigenvalue weighted by atomic mass is 35.5. The first-order chi connectivity index (χ1) is 14.4. The number of hydroxylamine groups is 2. The Kier molecular flexibility index (Phi) is 7.07. The summed E-state index contributed by atoms with van der Waals surface area (Å²) >= 11 is 6.27. The van der Waals surface area contributed by atoms with Crippen molar-refractivity contribution in [3.8, 4) is 0 Å². The molecule has 1 aromatic carbocycles. The van der Waals surface area contributed by atoms with Gasteiger partial charge in [-0.2, -0.15) is 0 Å². The standard InChI is InChI=1S/C20H24ClN5O4/c1-23-12-14(19(22)15-4-2-3-5-16(15)21)13-24-8-10-25(11-9-24)20(29)30-26-17(27)6-7-18(26)28/h2-5,12H,6-11,13,22H2,1H3/b19-14+,23-12?. The van der Waals surface area contributed by atoms with E-state index in [0.29, 0.717) is 48.5 Å². The van der Waals surface area contributed by atoms with Crippen LogP contribution in [0.5, 0.6) is 0 Å². The number of carbonyl (C=O) groups is 3. The number of aliphatic imine (C=N–C) groups is 1. The molecule has 2 fully saturated rings. The number of nitrogens with two attached hydrogens (primary N) is 1. The van der Waals surface area contributed by atoms with Gasteiger partial charge in [-0.15, -0.1) is 5.06 Å². The van der Waals surface area contributed by atoms with E-state index in [1.807, 2.05) is 18.2 Å². The molecule has 0 atom stereocenters. The molecule has 0 aliphatic carbocycles. The number of imide groups is 1. The number of hydrogen-bond donors (Lipinski definition) is 1. The van der Waals surface area contributed by atoms with Crippen LogP contribution in [-0.2, 0) is 14.4 Å². The molecule has 30 heavy (non-hydrogen) atoms. The molecular weight excluding hydrogens is 410 g/mol. The summed E-state index contributed by atoms with van der Waals surface area (Å²) in [6.07, 6.45) is 1.16. The summed E-state index contributed by atoms with van der Waals surface area (Å²) in [6.45, 7) is 2.50. The van der Waals surface area contributed by atoms with Crippen molar-refractivity contribution in [1.29, 1.82) is 0 Å². The van der Waals surface area contributed by atoms with Crippen molar-refractivity contribution in [2.24, 2.45) is 10.7 Å². The van der Waals surface area contributed by atoms with E-state index in [9.17, 15) is 14.4 Å². The van der Waals surface area contributed by atoms with Gasteiger partial charge < -0.3 is 15.5 Å². The SMILES string of the molecule is CN=C/C(CN1CCN(C(=O)ON2C(=O)CCC2=O)CC1)=C(\N)c1ccccc1Cl. The average molecular weight is 434 g/mol. The lowest BCUT2D eigenvalue weighted by atomic mass is 10.1. The molecule has 2 N–H and O–H groups in total. The number of halogens is 1. The molecule has 3 amide bonds. The number of carbonyl (C=O) groups excluding carboxylic acids is 3. The molecule has 1 aromatic rings. The Labute approximate surface area is 179 Å². The van der Waals surface area contributed by atoms with Gasteiger partial charge in [-0.1, -0.05) is 29.8 Å². The molecule has 0 saturated carbocycles. The van der Waals surface area contributed by atoms with Gasteiger partial charge in [0.25, 0.3) is 11.8 Å². The second-order valence-corrected chi connectivity index (χ2v) is 7.42. The van der Waals surface area contributed by atoms with Gasteiger partial charge in [-0.05, 0) is 6.07 Å². The van der Waals surface area contributed by atoms with Crippen LogP contribution >= 0.6 is 11.6 Å². The zero-order chi connectivity index (χ0) is 21.7. The minimum Gasteiger partial charge on any atom is -0.398 e. The van der Waals surface area contributed by atoms with Crippen LogP contribution < -0.4 is 5.73 Å². The van der Waals surface area contributed by atoms with Crippen LogP contribution in [0, 0.1) is 0 Å². The van der Waals surface area contributed by atoms with Crippen molar-refractivity contribution in [3.63, 3.8) is 0 Å². The third kappa shape index (κ3) is 4.98. The second kappa shape index (κ2) is 9.73. The van der Waals surface area contributed by atoms with E-state index in [4.69, 9.17) is 22.2 Å². The lowest BCUT2D eigenvalue weighted by Crippen LogP contribution is -2.50. The molecule has 2 saturated heterocycles. The molecule has 0 radical (unpaired) electrons. The van der Waals surface area contributed by atoms with Crippen molar-refractivity contribution in [2.75, 3.05) is 39.8 Å². The highest BCUT2D eigenvalue weighted by Crippen LogP contribution is 2.23. The molecule has 2 heterocycles. The van der Waals surface area contributed by atoms with Gasteiger partial charge in [0.1, 0.15) is 0 Å². The summed E-state index contributed by atoms with van der Waals surface area (Å²) in [4.78, 5) is 48.2. The molecule has 2 aliphatic rings. The Morgan fingerprint density at radius 3 is 2.40 bits per heavy atom. The maximum atomic E-state index is 12.3. The predicted molar refractivity (Wildman–Crippen MR) is 113 cm³/mol. The first-order valence-electron chi connectivity index (χ1n) is 9.61. The van der Waals surface area contributed by atoms with Crippen molar-refractivity contribution in [3.05, 3.63) is 40.4 Å². The first-order valence-corrected chi connectivity index (χ1v) is 9.99. The fraction of sp³-hybridized carbons (Fsp3) is 0.400. The number of rotatable bonds is 5. The van der Waals surface area contributed by atoms with E-state index in [2.05, 4.69) is 9.89 Å². The zero-order valence-electron chi connectivity index (χ0n) is 16.7. The highest BCUT2D eigenvalue weighted by molar-refractivity contribution is 6.32. The lowest BCUT2D eigenvalue weighted by Gasteiger charge is -2.34. The van der Waals surface area contributed by atoms with Gasteiger partial charge in [-0.25, -0.2) is 4.79 Å². The number of amides is 3. The number of nitrogens with zero attached hydrogens (tertiary/aromatic N) is 4. The number of hydrogen-bond acceptors (Lipinski definition) is 7. The molecule has 160 valence electrons. The van der Waals surface area contributed by atoms with Crippen molar-refractivity contribution >= 4 is 41.4 Å². The molecule has 9 nitrogen and oxygen atoms in total.